The number of carboxylic acids is 1. The number of carboxylic acid groups (broad SMARTS) is 1. The zero-order valence-electron chi connectivity index (χ0n) is 11.0. The number of aromatic carboxylic acids is 1. The topological polar surface area (TPSA) is 88.7 Å². The molecule has 19 heavy (non-hydrogen) atoms. The number of aromatic nitrogens is 1. The van der Waals surface area contributed by atoms with Gasteiger partial charge in [-0.3, -0.25) is 0 Å². The van der Waals surface area contributed by atoms with Gasteiger partial charge in [-0.25, -0.2) is 9.78 Å². The summed E-state index contributed by atoms with van der Waals surface area (Å²) in [5, 5.41) is 9.06. The highest BCUT2D eigenvalue weighted by Gasteiger charge is 2.21. The molecule has 0 unspecified atom stereocenters. The van der Waals surface area contributed by atoms with Crippen molar-refractivity contribution in [2.24, 2.45) is 5.92 Å². The minimum atomic E-state index is -1.02. The highest BCUT2D eigenvalue weighted by molar-refractivity contribution is 5.94. The number of nitrogens with two attached hydrogens (primary N) is 1. The predicted octanol–water partition coefficient (Wildman–Crippen LogP) is 1.22. The van der Waals surface area contributed by atoms with Gasteiger partial charge in [0.05, 0.1) is 17.4 Å². The zero-order chi connectivity index (χ0) is 13.8. The number of anilines is 2. The lowest BCUT2D eigenvalue weighted by atomic mass is 9.98. The van der Waals surface area contributed by atoms with Crippen molar-refractivity contribution in [1.82, 2.24) is 4.98 Å². The van der Waals surface area contributed by atoms with Crippen molar-refractivity contribution >= 4 is 17.5 Å². The first-order chi connectivity index (χ1) is 9.11. The van der Waals surface area contributed by atoms with Gasteiger partial charge in [0.15, 0.2) is 0 Å². The highest BCUT2D eigenvalue weighted by atomic mass is 16.5. The molecule has 1 fully saturated rings. The normalized spacial score (nSPS) is 16.6. The van der Waals surface area contributed by atoms with Gasteiger partial charge in [0, 0.05) is 26.8 Å². The maximum Gasteiger partial charge on any atom is 0.337 e. The smallest absolute Gasteiger partial charge is 0.337 e. The molecule has 0 aromatic carbocycles. The van der Waals surface area contributed by atoms with Gasteiger partial charge >= 0.3 is 5.97 Å². The van der Waals surface area contributed by atoms with E-state index in [1.807, 2.05) is 0 Å². The Balaban J connectivity index is 2.07. The van der Waals surface area contributed by atoms with E-state index in [-0.39, 0.29) is 11.3 Å². The summed E-state index contributed by atoms with van der Waals surface area (Å²) in [7, 11) is 1.72. The lowest BCUT2D eigenvalue weighted by Gasteiger charge is -2.32. The maximum absolute atomic E-state index is 11.1. The molecule has 0 saturated carbocycles. The Morgan fingerprint density at radius 2 is 2.26 bits per heavy atom. The minimum absolute atomic E-state index is 0.115. The fourth-order valence-electron chi connectivity index (χ4n) is 2.38. The molecule has 1 aromatic rings. The molecule has 0 radical (unpaired) electrons. The number of nitrogens with zero attached hydrogens (tertiary/aromatic N) is 2. The molecule has 1 saturated heterocycles. The van der Waals surface area contributed by atoms with Crippen LogP contribution in [0.1, 0.15) is 23.2 Å². The summed E-state index contributed by atoms with van der Waals surface area (Å²) < 4.78 is 5.16. The minimum Gasteiger partial charge on any atom is -0.478 e. The summed E-state index contributed by atoms with van der Waals surface area (Å²) in [6.07, 6.45) is 3.48. The van der Waals surface area contributed by atoms with Gasteiger partial charge in [-0.15, -0.1) is 0 Å². The quantitative estimate of drug-likeness (QED) is 0.851. The highest BCUT2D eigenvalue weighted by Crippen LogP contribution is 2.24. The number of carbonyl (C=O) groups is 1. The van der Waals surface area contributed by atoms with Gasteiger partial charge in [-0.1, -0.05) is 0 Å². The third-order valence-electron chi connectivity index (χ3n) is 3.49. The van der Waals surface area contributed by atoms with E-state index in [1.165, 1.54) is 6.20 Å². The Bertz CT molecular complexity index is 456. The zero-order valence-corrected chi connectivity index (χ0v) is 11.0. The third-order valence-corrected chi connectivity index (χ3v) is 3.49. The molecule has 2 rings (SSSR count). The van der Waals surface area contributed by atoms with Crippen molar-refractivity contribution in [3.05, 3.63) is 17.8 Å². The average Bonchev–Trinajstić information content (AvgIpc) is 2.40. The van der Waals surface area contributed by atoms with E-state index < -0.39 is 5.97 Å². The molecular weight excluding hydrogens is 246 g/mol. The fourth-order valence-corrected chi connectivity index (χ4v) is 2.38. The summed E-state index contributed by atoms with van der Waals surface area (Å²) in [5.41, 5.74) is 5.92. The Morgan fingerprint density at radius 1 is 1.58 bits per heavy atom. The largest absolute Gasteiger partial charge is 0.478 e. The molecular formula is C13H19N3O3. The number of ether oxygens (including phenoxy) is 1. The van der Waals surface area contributed by atoms with Crippen LogP contribution in [0.4, 0.5) is 11.5 Å². The van der Waals surface area contributed by atoms with Gasteiger partial charge in [-0.2, -0.15) is 0 Å². The Labute approximate surface area is 112 Å². The van der Waals surface area contributed by atoms with Gasteiger partial charge in [0.2, 0.25) is 0 Å². The van der Waals surface area contributed by atoms with Crippen LogP contribution in [-0.2, 0) is 4.74 Å². The lowest BCUT2D eigenvalue weighted by molar-refractivity contribution is 0.0698. The van der Waals surface area contributed by atoms with Crippen LogP contribution in [0.3, 0.4) is 0 Å². The molecule has 6 nitrogen and oxygen atoms in total. The summed E-state index contributed by atoms with van der Waals surface area (Å²) in [4.78, 5) is 17.4. The number of piperidine rings is 1. The molecule has 0 amide bonds. The Morgan fingerprint density at radius 3 is 2.84 bits per heavy atom. The first kappa shape index (κ1) is 13.6. The van der Waals surface area contributed by atoms with E-state index in [0.717, 1.165) is 32.5 Å². The molecule has 1 aromatic heterocycles. The molecule has 3 N–H and O–H groups in total. The monoisotopic (exact) mass is 265 g/mol. The average molecular weight is 265 g/mol. The van der Waals surface area contributed by atoms with Crippen molar-refractivity contribution in [3.8, 4) is 0 Å². The SMILES string of the molecule is COCC1CCN(c2cc(C(=O)O)c(N)cn2)CC1. The van der Waals surface area contributed by atoms with Crippen LogP contribution in [-0.4, -0.2) is 42.9 Å². The lowest BCUT2D eigenvalue weighted by Crippen LogP contribution is -2.35. The van der Waals surface area contributed by atoms with Crippen molar-refractivity contribution in [2.75, 3.05) is 37.4 Å². The van der Waals surface area contributed by atoms with Crippen LogP contribution in [0, 0.1) is 5.92 Å². The van der Waals surface area contributed by atoms with Gasteiger partial charge in [0.25, 0.3) is 0 Å². The van der Waals surface area contributed by atoms with Crippen LogP contribution in [0.25, 0.3) is 0 Å². The van der Waals surface area contributed by atoms with Crippen LogP contribution >= 0.6 is 0 Å². The predicted molar refractivity (Wildman–Crippen MR) is 72.4 cm³/mol. The molecule has 0 spiro atoms. The first-order valence-corrected chi connectivity index (χ1v) is 6.34. The van der Waals surface area contributed by atoms with Crippen molar-refractivity contribution in [3.63, 3.8) is 0 Å². The van der Waals surface area contributed by atoms with Crippen molar-refractivity contribution < 1.29 is 14.6 Å². The Kier molecular flexibility index (Phi) is 4.21. The molecule has 104 valence electrons. The second kappa shape index (κ2) is 5.88. The van der Waals surface area contributed by atoms with E-state index >= 15 is 0 Å². The maximum atomic E-state index is 11.1. The second-order valence-electron chi connectivity index (χ2n) is 4.82. The fraction of sp³-hybridized carbons (Fsp3) is 0.538. The van der Waals surface area contributed by atoms with E-state index in [2.05, 4.69) is 9.88 Å². The summed E-state index contributed by atoms with van der Waals surface area (Å²) in [6, 6.07) is 1.55. The molecule has 1 aliphatic rings. The Hall–Kier alpha value is -1.82. The number of hydrogen-bond donors (Lipinski definition) is 2. The molecule has 1 aliphatic heterocycles. The first-order valence-electron chi connectivity index (χ1n) is 6.34. The number of pyridine rings is 1. The van der Waals surface area contributed by atoms with E-state index in [1.54, 1.807) is 13.2 Å². The molecule has 0 atom stereocenters. The van der Waals surface area contributed by atoms with Gasteiger partial charge in [0.1, 0.15) is 5.82 Å². The van der Waals surface area contributed by atoms with Crippen LogP contribution < -0.4 is 10.6 Å². The third kappa shape index (κ3) is 3.14. The van der Waals surface area contributed by atoms with Crippen LogP contribution in [0.5, 0.6) is 0 Å². The second-order valence-corrected chi connectivity index (χ2v) is 4.82. The van der Waals surface area contributed by atoms with E-state index in [0.29, 0.717) is 11.7 Å². The standard InChI is InChI=1S/C13H19N3O3/c1-19-8-9-2-4-16(5-3-9)12-6-10(13(17)18)11(14)7-15-12/h6-7,9H,2-5,8,14H2,1H3,(H,17,18). The number of nitrogen functional groups attached to an aromatic ring is 1. The van der Waals surface area contributed by atoms with Crippen LogP contribution in [0.15, 0.2) is 12.3 Å². The summed E-state index contributed by atoms with van der Waals surface area (Å²) in [5.74, 6) is 0.242. The number of methoxy groups -OCH3 is 1. The molecule has 6 heteroatoms. The van der Waals surface area contributed by atoms with Crippen LogP contribution in [0.2, 0.25) is 0 Å². The van der Waals surface area contributed by atoms with E-state index in [9.17, 15) is 4.79 Å². The van der Waals surface area contributed by atoms with Crippen molar-refractivity contribution in [2.45, 2.75) is 12.8 Å². The van der Waals surface area contributed by atoms with E-state index in [4.69, 9.17) is 15.6 Å². The summed E-state index contributed by atoms with van der Waals surface area (Å²) >= 11 is 0. The van der Waals surface area contributed by atoms with Crippen molar-refractivity contribution in [1.29, 1.82) is 0 Å². The number of rotatable bonds is 4. The number of hydrogen-bond acceptors (Lipinski definition) is 5. The molecule has 0 aliphatic carbocycles. The summed E-state index contributed by atoms with van der Waals surface area (Å²) in [6.45, 7) is 2.51. The molecule has 2 heterocycles. The van der Waals surface area contributed by atoms with Gasteiger partial charge in [-0.05, 0) is 24.8 Å². The molecule has 0 bridgehead atoms. The van der Waals surface area contributed by atoms with Gasteiger partial charge < -0.3 is 20.5 Å².